The van der Waals surface area contributed by atoms with E-state index in [4.69, 9.17) is 10.5 Å². The molecule has 24 heavy (non-hydrogen) atoms. The van der Waals surface area contributed by atoms with Crippen molar-refractivity contribution in [2.24, 2.45) is 5.73 Å². The second kappa shape index (κ2) is 6.70. The quantitative estimate of drug-likeness (QED) is 0.929. The molecule has 1 saturated heterocycles. The maximum Gasteiger partial charge on any atom is 0.253 e. The van der Waals surface area contributed by atoms with Crippen LogP contribution in [0.3, 0.4) is 0 Å². The molecule has 1 aromatic heterocycles. The van der Waals surface area contributed by atoms with E-state index in [2.05, 4.69) is 4.98 Å². The number of ether oxygens (including phenoxy) is 1. The summed E-state index contributed by atoms with van der Waals surface area (Å²) in [6.07, 6.45) is 4.38. The number of carbonyl (C=O) groups is 2. The summed E-state index contributed by atoms with van der Waals surface area (Å²) < 4.78 is 5.21. The second-order valence-corrected chi connectivity index (χ2v) is 5.84. The highest BCUT2D eigenvalue weighted by Crippen LogP contribution is 2.29. The van der Waals surface area contributed by atoms with Crippen molar-refractivity contribution in [3.8, 4) is 5.75 Å². The Hall–Kier alpha value is -2.89. The van der Waals surface area contributed by atoms with Gasteiger partial charge in [-0.25, -0.2) is 0 Å². The smallest absolute Gasteiger partial charge is 0.253 e. The summed E-state index contributed by atoms with van der Waals surface area (Å²) in [6, 6.07) is 8.41. The van der Waals surface area contributed by atoms with Gasteiger partial charge in [0.1, 0.15) is 5.75 Å². The molecule has 0 spiro atoms. The Balaban J connectivity index is 1.70. The van der Waals surface area contributed by atoms with E-state index < -0.39 is 5.91 Å². The molecule has 1 unspecified atom stereocenters. The highest BCUT2D eigenvalue weighted by molar-refractivity contribution is 5.97. The van der Waals surface area contributed by atoms with Crippen LogP contribution in [-0.2, 0) is 0 Å². The molecule has 1 aliphatic heterocycles. The van der Waals surface area contributed by atoms with Gasteiger partial charge in [-0.15, -0.1) is 0 Å². The van der Waals surface area contributed by atoms with Crippen molar-refractivity contribution >= 4 is 11.8 Å². The number of methoxy groups -OCH3 is 1. The lowest BCUT2D eigenvalue weighted by molar-refractivity contribution is 0.0790. The Labute approximate surface area is 140 Å². The monoisotopic (exact) mass is 325 g/mol. The largest absolute Gasteiger partial charge is 0.495 e. The zero-order chi connectivity index (χ0) is 17.1. The standard InChI is InChI=1S/C18H19N3O3/c1-24-16-8-15(9-20-10-16)14-6-7-21(11-14)18(23)13-4-2-12(3-5-13)17(19)22/h2-5,8-10,14H,6-7,11H2,1H3,(H2,19,22). The van der Waals surface area contributed by atoms with Crippen LogP contribution in [0.15, 0.2) is 42.7 Å². The van der Waals surface area contributed by atoms with Gasteiger partial charge in [-0.2, -0.15) is 0 Å². The molecule has 0 radical (unpaired) electrons. The summed E-state index contributed by atoms with van der Waals surface area (Å²) in [5.74, 6) is 0.436. The lowest BCUT2D eigenvalue weighted by Crippen LogP contribution is -2.28. The average molecular weight is 325 g/mol. The van der Waals surface area contributed by atoms with Crippen LogP contribution in [0.5, 0.6) is 5.75 Å². The SMILES string of the molecule is COc1cncc(C2CCN(C(=O)c3ccc(C(N)=O)cc3)C2)c1. The molecule has 1 fully saturated rings. The Morgan fingerprint density at radius 2 is 1.92 bits per heavy atom. The van der Waals surface area contributed by atoms with Crippen molar-refractivity contribution in [3.63, 3.8) is 0 Å². The molecule has 0 bridgehead atoms. The predicted octanol–water partition coefficient (Wildman–Crippen LogP) is 1.82. The lowest BCUT2D eigenvalue weighted by atomic mass is 10.0. The number of likely N-dealkylation sites (tertiary alicyclic amines) is 1. The van der Waals surface area contributed by atoms with Crippen LogP contribution in [0.25, 0.3) is 0 Å². The van der Waals surface area contributed by atoms with E-state index in [-0.39, 0.29) is 11.8 Å². The highest BCUT2D eigenvalue weighted by atomic mass is 16.5. The molecule has 124 valence electrons. The van der Waals surface area contributed by atoms with Crippen molar-refractivity contribution in [3.05, 3.63) is 59.4 Å². The third kappa shape index (κ3) is 3.22. The number of amides is 2. The molecule has 6 heteroatoms. The lowest BCUT2D eigenvalue weighted by Gasteiger charge is -2.17. The summed E-state index contributed by atoms with van der Waals surface area (Å²) >= 11 is 0. The highest BCUT2D eigenvalue weighted by Gasteiger charge is 2.28. The van der Waals surface area contributed by atoms with Gasteiger partial charge in [-0.3, -0.25) is 14.6 Å². The maximum absolute atomic E-state index is 12.6. The van der Waals surface area contributed by atoms with Gasteiger partial charge in [-0.05, 0) is 42.3 Å². The number of hydrogen-bond donors (Lipinski definition) is 1. The summed E-state index contributed by atoms with van der Waals surface area (Å²) in [5.41, 5.74) is 7.25. The molecule has 2 amide bonds. The van der Waals surface area contributed by atoms with Gasteiger partial charge >= 0.3 is 0 Å². The van der Waals surface area contributed by atoms with E-state index in [0.29, 0.717) is 24.2 Å². The fourth-order valence-electron chi connectivity index (χ4n) is 2.95. The maximum atomic E-state index is 12.6. The number of benzene rings is 1. The topological polar surface area (TPSA) is 85.5 Å². The first-order valence-electron chi connectivity index (χ1n) is 7.76. The van der Waals surface area contributed by atoms with Crippen molar-refractivity contribution < 1.29 is 14.3 Å². The van der Waals surface area contributed by atoms with E-state index >= 15 is 0 Å². The van der Waals surface area contributed by atoms with Crippen LogP contribution in [-0.4, -0.2) is 41.9 Å². The van der Waals surface area contributed by atoms with Crippen LogP contribution in [0.4, 0.5) is 0 Å². The third-order valence-corrected chi connectivity index (χ3v) is 4.33. The van der Waals surface area contributed by atoms with Gasteiger partial charge in [0, 0.05) is 36.3 Å². The Morgan fingerprint density at radius 3 is 2.58 bits per heavy atom. The fourth-order valence-corrected chi connectivity index (χ4v) is 2.95. The summed E-state index contributed by atoms with van der Waals surface area (Å²) in [5, 5.41) is 0. The fraction of sp³-hybridized carbons (Fsp3) is 0.278. The van der Waals surface area contributed by atoms with Crippen molar-refractivity contribution in [1.82, 2.24) is 9.88 Å². The van der Waals surface area contributed by atoms with Crippen LogP contribution in [0.2, 0.25) is 0 Å². The zero-order valence-corrected chi connectivity index (χ0v) is 13.4. The van der Waals surface area contributed by atoms with Gasteiger partial charge < -0.3 is 15.4 Å². The molecule has 1 aliphatic rings. The van der Waals surface area contributed by atoms with Crippen molar-refractivity contribution in [1.29, 1.82) is 0 Å². The Morgan fingerprint density at radius 1 is 1.21 bits per heavy atom. The number of carbonyl (C=O) groups excluding carboxylic acids is 2. The van der Waals surface area contributed by atoms with E-state index in [0.717, 1.165) is 17.7 Å². The summed E-state index contributed by atoms with van der Waals surface area (Å²) in [6.45, 7) is 1.34. The average Bonchev–Trinajstić information content (AvgIpc) is 3.11. The minimum Gasteiger partial charge on any atom is -0.495 e. The molecule has 6 nitrogen and oxygen atoms in total. The molecule has 0 aliphatic carbocycles. The molecule has 2 heterocycles. The molecule has 0 saturated carbocycles. The first-order valence-corrected chi connectivity index (χ1v) is 7.76. The number of nitrogens with two attached hydrogens (primary N) is 1. The van der Waals surface area contributed by atoms with E-state index in [9.17, 15) is 9.59 Å². The number of rotatable bonds is 4. The molecular weight excluding hydrogens is 306 g/mol. The first kappa shape index (κ1) is 16.0. The van der Waals surface area contributed by atoms with Crippen LogP contribution >= 0.6 is 0 Å². The van der Waals surface area contributed by atoms with Gasteiger partial charge in [-0.1, -0.05) is 0 Å². The molecule has 3 rings (SSSR count). The summed E-state index contributed by atoms with van der Waals surface area (Å²) in [4.78, 5) is 29.7. The van der Waals surface area contributed by atoms with Gasteiger partial charge in [0.2, 0.25) is 5.91 Å². The zero-order valence-electron chi connectivity index (χ0n) is 13.4. The Bertz CT molecular complexity index is 758. The number of aromatic nitrogens is 1. The van der Waals surface area contributed by atoms with Gasteiger partial charge in [0.15, 0.2) is 0 Å². The summed E-state index contributed by atoms with van der Waals surface area (Å²) in [7, 11) is 1.61. The molecule has 2 aromatic rings. The number of pyridine rings is 1. The first-order chi connectivity index (χ1) is 11.6. The van der Waals surface area contributed by atoms with Crippen LogP contribution in [0, 0.1) is 0 Å². The normalized spacial score (nSPS) is 16.9. The number of nitrogens with zero attached hydrogens (tertiary/aromatic N) is 2. The number of hydrogen-bond acceptors (Lipinski definition) is 4. The van der Waals surface area contributed by atoms with E-state index in [1.54, 1.807) is 37.6 Å². The van der Waals surface area contributed by atoms with Crippen molar-refractivity contribution in [2.45, 2.75) is 12.3 Å². The predicted molar refractivity (Wildman–Crippen MR) is 89.0 cm³/mol. The molecule has 1 aromatic carbocycles. The van der Waals surface area contributed by atoms with E-state index in [1.807, 2.05) is 17.2 Å². The van der Waals surface area contributed by atoms with Gasteiger partial charge in [0.05, 0.1) is 13.3 Å². The Kier molecular flexibility index (Phi) is 4.46. The van der Waals surface area contributed by atoms with E-state index in [1.165, 1.54) is 0 Å². The molecule has 1 atom stereocenters. The van der Waals surface area contributed by atoms with Crippen molar-refractivity contribution in [2.75, 3.05) is 20.2 Å². The minimum atomic E-state index is -0.499. The second-order valence-electron chi connectivity index (χ2n) is 5.84. The molecule has 2 N–H and O–H groups in total. The van der Waals surface area contributed by atoms with Crippen LogP contribution < -0.4 is 10.5 Å². The number of primary amides is 1. The third-order valence-electron chi connectivity index (χ3n) is 4.33. The minimum absolute atomic E-state index is 0.0376. The van der Waals surface area contributed by atoms with Crippen LogP contribution in [0.1, 0.15) is 38.6 Å². The molecular formula is C18H19N3O3. The van der Waals surface area contributed by atoms with Gasteiger partial charge in [0.25, 0.3) is 5.91 Å².